The van der Waals surface area contributed by atoms with Crippen molar-refractivity contribution in [2.45, 2.75) is 26.8 Å². The number of benzene rings is 1. The number of para-hydroxylation sites is 1. The van der Waals surface area contributed by atoms with Gasteiger partial charge in [-0.05, 0) is 19.9 Å². The summed E-state index contributed by atoms with van der Waals surface area (Å²) < 4.78 is 42.9. The van der Waals surface area contributed by atoms with Gasteiger partial charge in [0.15, 0.2) is 5.65 Å². The topological polar surface area (TPSA) is 68.5 Å². The van der Waals surface area contributed by atoms with E-state index < -0.39 is 12.3 Å². The Balaban J connectivity index is 1.79. The second-order valence-corrected chi connectivity index (χ2v) is 5.65. The van der Waals surface area contributed by atoms with Crippen LogP contribution < -0.4 is 10.1 Å². The molecule has 0 saturated heterocycles. The lowest BCUT2D eigenvalue weighted by Crippen LogP contribution is -2.26. The van der Waals surface area contributed by atoms with Crippen LogP contribution in [0.2, 0.25) is 0 Å². The number of hydrogen-bond acceptors (Lipinski definition) is 4. The van der Waals surface area contributed by atoms with Gasteiger partial charge in [-0.3, -0.25) is 4.79 Å². The van der Waals surface area contributed by atoms with E-state index in [0.29, 0.717) is 11.3 Å². The van der Waals surface area contributed by atoms with Crippen LogP contribution in [0.3, 0.4) is 0 Å². The molecule has 0 aliphatic rings. The Hall–Kier alpha value is -3.10. The second kappa shape index (κ2) is 6.66. The SMILES string of the molecule is Cc1cc2ncc(C(=O)NCc3ccccc3OC(F)(F)F)c(C)n2n1. The lowest BCUT2D eigenvalue weighted by Gasteiger charge is -2.14. The van der Waals surface area contributed by atoms with E-state index in [-0.39, 0.29) is 23.4 Å². The molecule has 3 aromatic rings. The predicted molar refractivity (Wildman–Crippen MR) is 86.8 cm³/mol. The van der Waals surface area contributed by atoms with Gasteiger partial charge in [-0.25, -0.2) is 9.50 Å². The minimum atomic E-state index is -4.80. The van der Waals surface area contributed by atoms with Crippen molar-refractivity contribution in [3.05, 3.63) is 59.0 Å². The van der Waals surface area contributed by atoms with E-state index in [9.17, 15) is 18.0 Å². The molecule has 0 aliphatic heterocycles. The summed E-state index contributed by atoms with van der Waals surface area (Å²) in [6.07, 6.45) is -3.39. The van der Waals surface area contributed by atoms with E-state index in [0.717, 1.165) is 5.69 Å². The summed E-state index contributed by atoms with van der Waals surface area (Å²) in [6.45, 7) is 3.41. The van der Waals surface area contributed by atoms with Gasteiger partial charge in [0.2, 0.25) is 0 Å². The molecule has 1 aromatic carbocycles. The first-order valence-electron chi connectivity index (χ1n) is 7.68. The molecule has 0 atom stereocenters. The highest BCUT2D eigenvalue weighted by Crippen LogP contribution is 2.26. The highest BCUT2D eigenvalue weighted by Gasteiger charge is 2.32. The second-order valence-electron chi connectivity index (χ2n) is 5.65. The van der Waals surface area contributed by atoms with Gasteiger partial charge in [0.25, 0.3) is 5.91 Å². The third-order valence-corrected chi connectivity index (χ3v) is 3.73. The minimum absolute atomic E-state index is 0.124. The molecule has 0 unspecified atom stereocenters. The first kappa shape index (κ1) is 17.7. The first-order valence-corrected chi connectivity index (χ1v) is 7.68. The molecule has 0 radical (unpaired) electrons. The number of fused-ring (bicyclic) bond motifs is 1. The lowest BCUT2D eigenvalue weighted by molar-refractivity contribution is -0.274. The number of amides is 1. The third-order valence-electron chi connectivity index (χ3n) is 3.73. The fourth-order valence-corrected chi connectivity index (χ4v) is 2.53. The van der Waals surface area contributed by atoms with Gasteiger partial charge in [0.1, 0.15) is 5.75 Å². The molecule has 0 spiro atoms. The average molecular weight is 364 g/mol. The van der Waals surface area contributed by atoms with E-state index in [4.69, 9.17) is 0 Å². The molecule has 3 rings (SSSR count). The Kier molecular flexibility index (Phi) is 4.54. The number of hydrogen-bond donors (Lipinski definition) is 1. The van der Waals surface area contributed by atoms with Crippen LogP contribution in [0.1, 0.15) is 27.3 Å². The Bertz CT molecular complexity index is 966. The molecule has 26 heavy (non-hydrogen) atoms. The summed E-state index contributed by atoms with van der Waals surface area (Å²) in [4.78, 5) is 16.6. The third kappa shape index (κ3) is 3.76. The molecule has 1 N–H and O–H groups in total. The Morgan fingerprint density at radius 2 is 2.00 bits per heavy atom. The number of carbonyl (C=O) groups is 1. The Labute approximate surface area is 146 Å². The number of aryl methyl sites for hydroxylation is 2. The van der Waals surface area contributed by atoms with Gasteiger partial charge in [-0.2, -0.15) is 5.10 Å². The van der Waals surface area contributed by atoms with Crippen LogP contribution in [0.25, 0.3) is 5.65 Å². The van der Waals surface area contributed by atoms with Crippen LogP contribution in [0.4, 0.5) is 13.2 Å². The van der Waals surface area contributed by atoms with Gasteiger partial charge in [-0.1, -0.05) is 18.2 Å². The molecule has 9 heteroatoms. The van der Waals surface area contributed by atoms with Gasteiger partial charge in [-0.15, -0.1) is 13.2 Å². The van der Waals surface area contributed by atoms with Crippen LogP contribution in [0, 0.1) is 13.8 Å². The summed E-state index contributed by atoms with van der Waals surface area (Å²) in [5.41, 5.74) is 2.45. The van der Waals surface area contributed by atoms with Crippen molar-refractivity contribution < 1.29 is 22.7 Å². The monoisotopic (exact) mass is 364 g/mol. The van der Waals surface area contributed by atoms with E-state index in [1.54, 1.807) is 23.6 Å². The normalized spacial score (nSPS) is 11.6. The predicted octanol–water partition coefficient (Wildman–Crippen LogP) is 3.17. The van der Waals surface area contributed by atoms with Gasteiger partial charge in [0.05, 0.1) is 17.0 Å². The Morgan fingerprint density at radius 3 is 2.73 bits per heavy atom. The van der Waals surface area contributed by atoms with E-state index in [2.05, 4.69) is 20.1 Å². The average Bonchev–Trinajstić information content (AvgIpc) is 2.94. The molecule has 1 amide bonds. The van der Waals surface area contributed by atoms with E-state index in [1.165, 1.54) is 24.4 Å². The van der Waals surface area contributed by atoms with Crippen molar-refractivity contribution in [3.63, 3.8) is 0 Å². The van der Waals surface area contributed by atoms with Crippen LogP contribution in [-0.2, 0) is 6.54 Å². The van der Waals surface area contributed by atoms with Crippen molar-refractivity contribution in [2.75, 3.05) is 0 Å². The van der Waals surface area contributed by atoms with Crippen LogP contribution >= 0.6 is 0 Å². The van der Waals surface area contributed by atoms with Crippen molar-refractivity contribution >= 4 is 11.6 Å². The summed E-state index contributed by atoms with van der Waals surface area (Å²) in [5, 5.41) is 6.84. The minimum Gasteiger partial charge on any atom is -0.405 e. The number of alkyl halides is 3. The number of aromatic nitrogens is 3. The first-order chi connectivity index (χ1) is 12.2. The van der Waals surface area contributed by atoms with Gasteiger partial charge in [0, 0.05) is 24.4 Å². The van der Waals surface area contributed by atoms with Gasteiger partial charge < -0.3 is 10.1 Å². The quantitative estimate of drug-likeness (QED) is 0.772. The molecule has 0 fully saturated rings. The highest BCUT2D eigenvalue weighted by molar-refractivity contribution is 5.95. The number of halogens is 3. The van der Waals surface area contributed by atoms with Crippen LogP contribution in [0.5, 0.6) is 5.75 Å². The maximum Gasteiger partial charge on any atom is 0.573 e. The van der Waals surface area contributed by atoms with E-state index in [1.807, 2.05) is 6.92 Å². The lowest BCUT2D eigenvalue weighted by atomic mass is 10.2. The zero-order chi connectivity index (χ0) is 18.9. The Morgan fingerprint density at radius 1 is 1.27 bits per heavy atom. The maximum absolute atomic E-state index is 12.5. The van der Waals surface area contributed by atoms with Crippen LogP contribution in [0.15, 0.2) is 36.5 Å². The zero-order valence-corrected chi connectivity index (χ0v) is 14.0. The van der Waals surface area contributed by atoms with Crippen molar-refractivity contribution in [2.24, 2.45) is 0 Å². The molecular formula is C17H15F3N4O2. The van der Waals surface area contributed by atoms with Crippen molar-refractivity contribution in [1.82, 2.24) is 19.9 Å². The molecule has 2 aromatic heterocycles. The van der Waals surface area contributed by atoms with E-state index >= 15 is 0 Å². The number of nitrogens with one attached hydrogen (secondary N) is 1. The van der Waals surface area contributed by atoms with Gasteiger partial charge >= 0.3 is 6.36 Å². The fraction of sp³-hybridized carbons (Fsp3) is 0.235. The molecule has 136 valence electrons. The summed E-state index contributed by atoms with van der Waals surface area (Å²) in [5.74, 6) is -0.819. The summed E-state index contributed by atoms with van der Waals surface area (Å²) in [6, 6.07) is 7.41. The highest BCUT2D eigenvalue weighted by atomic mass is 19.4. The summed E-state index contributed by atoms with van der Waals surface area (Å²) >= 11 is 0. The smallest absolute Gasteiger partial charge is 0.405 e. The van der Waals surface area contributed by atoms with Crippen LogP contribution in [-0.4, -0.2) is 26.9 Å². The molecular weight excluding hydrogens is 349 g/mol. The summed E-state index contributed by atoms with van der Waals surface area (Å²) in [7, 11) is 0. The largest absolute Gasteiger partial charge is 0.573 e. The number of carbonyl (C=O) groups excluding carboxylic acids is 1. The maximum atomic E-state index is 12.5. The molecule has 0 aliphatic carbocycles. The number of rotatable bonds is 4. The molecule has 2 heterocycles. The molecule has 0 saturated carbocycles. The fourth-order valence-electron chi connectivity index (χ4n) is 2.53. The number of ether oxygens (including phenoxy) is 1. The standard InChI is InChI=1S/C17H15F3N4O2/c1-10-7-15-21-9-13(11(2)24(15)23-10)16(25)22-8-12-5-3-4-6-14(12)26-17(18,19)20/h3-7,9H,8H2,1-2H3,(H,22,25). The number of nitrogens with zero attached hydrogens (tertiary/aromatic N) is 3. The van der Waals surface area contributed by atoms with Crippen molar-refractivity contribution in [1.29, 1.82) is 0 Å². The molecule has 6 nitrogen and oxygen atoms in total. The van der Waals surface area contributed by atoms with Crippen molar-refractivity contribution in [3.8, 4) is 5.75 Å². The molecule has 0 bridgehead atoms. The zero-order valence-electron chi connectivity index (χ0n) is 14.0.